The van der Waals surface area contributed by atoms with Gasteiger partial charge in [0.15, 0.2) is 11.5 Å². The van der Waals surface area contributed by atoms with Gasteiger partial charge >= 0.3 is 5.97 Å². The Morgan fingerprint density at radius 3 is 2.12 bits per heavy atom. The fourth-order valence-electron chi connectivity index (χ4n) is 2.03. The van der Waals surface area contributed by atoms with E-state index in [2.05, 4.69) is 0 Å². The molecule has 24 heavy (non-hydrogen) atoms. The number of benzene rings is 2. The second kappa shape index (κ2) is 8.26. The maximum atomic E-state index is 11.9. The zero-order valence-electron chi connectivity index (χ0n) is 13.5. The smallest absolute Gasteiger partial charge is 0.336 e. The van der Waals surface area contributed by atoms with Gasteiger partial charge in [0.25, 0.3) is 0 Å². The molecule has 2 aromatic carbocycles. The summed E-state index contributed by atoms with van der Waals surface area (Å²) in [5, 5.41) is 0.368. The van der Waals surface area contributed by atoms with Gasteiger partial charge in [-0.2, -0.15) is 0 Å². The van der Waals surface area contributed by atoms with Crippen LogP contribution in [0.2, 0.25) is 5.02 Å². The molecule has 0 saturated heterocycles. The van der Waals surface area contributed by atoms with Gasteiger partial charge in [-0.05, 0) is 35.9 Å². The zero-order chi connectivity index (χ0) is 17.5. The van der Waals surface area contributed by atoms with Crippen molar-refractivity contribution in [3.63, 3.8) is 0 Å². The average molecular weight is 349 g/mol. The molecule has 126 valence electrons. The topological polar surface area (TPSA) is 54.0 Å². The first-order chi connectivity index (χ1) is 11.6. The molecule has 0 N–H and O–H groups in total. The summed E-state index contributed by atoms with van der Waals surface area (Å²) in [6.45, 7) is 0. The molecule has 5 nitrogen and oxygen atoms in total. The Hall–Kier alpha value is -2.66. The fourth-order valence-corrected chi connectivity index (χ4v) is 2.21. The van der Waals surface area contributed by atoms with Crippen LogP contribution in [0.4, 0.5) is 0 Å². The van der Waals surface area contributed by atoms with Crippen LogP contribution in [-0.2, 0) is 4.79 Å². The number of esters is 1. The Morgan fingerprint density at radius 2 is 1.58 bits per heavy atom. The number of halogens is 1. The lowest BCUT2D eigenvalue weighted by Crippen LogP contribution is -2.04. The quantitative estimate of drug-likeness (QED) is 0.449. The lowest BCUT2D eigenvalue weighted by atomic mass is 10.1. The van der Waals surface area contributed by atoms with Gasteiger partial charge in [-0.25, -0.2) is 4.79 Å². The van der Waals surface area contributed by atoms with E-state index in [-0.39, 0.29) is 0 Å². The van der Waals surface area contributed by atoms with Gasteiger partial charge in [0.05, 0.1) is 26.4 Å². The molecule has 0 amide bonds. The highest BCUT2D eigenvalue weighted by atomic mass is 35.5. The van der Waals surface area contributed by atoms with Crippen LogP contribution in [0.15, 0.2) is 42.5 Å². The van der Waals surface area contributed by atoms with Crippen LogP contribution in [0.3, 0.4) is 0 Å². The van der Waals surface area contributed by atoms with Crippen molar-refractivity contribution in [3.05, 3.63) is 53.1 Å². The molecule has 2 aromatic rings. The summed E-state index contributed by atoms with van der Waals surface area (Å²) < 4.78 is 21.0. The Morgan fingerprint density at radius 1 is 0.958 bits per heavy atom. The van der Waals surface area contributed by atoms with E-state index < -0.39 is 5.97 Å². The molecule has 0 aromatic heterocycles. The molecule has 0 spiro atoms. The van der Waals surface area contributed by atoms with Crippen molar-refractivity contribution in [2.75, 3.05) is 21.3 Å². The van der Waals surface area contributed by atoms with Gasteiger partial charge in [-0.3, -0.25) is 0 Å². The molecule has 0 saturated carbocycles. The summed E-state index contributed by atoms with van der Waals surface area (Å²) in [7, 11) is 4.57. The van der Waals surface area contributed by atoms with Crippen LogP contribution in [0.5, 0.6) is 23.0 Å². The van der Waals surface area contributed by atoms with Crippen LogP contribution >= 0.6 is 11.6 Å². The minimum atomic E-state index is -0.545. The van der Waals surface area contributed by atoms with E-state index in [0.29, 0.717) is 33.6 Å². The molecule has 6 heteroatoms. The minimum absolute atomic E-state index is 0.304. The molecule has 0 aliphatic carbocycles. The Kier molecular flexibility index (Phi) is 6.09. The first-order valence-corrected chi connectivity index (χ1v) is 7.41. The highest BCUT2D eigenvalue weighted by molar-refractivity contribution is 6.32. The summed E-state index contributed by atoms with van der Waals surface area (Å²) >= 11 is 5.95. The first-order valence-electron chi connectivity index (χ1n) is 7.03. The number of rotatable bonds is 6. The Labute approximate surface area is 145 Å². The van der Waals surface area contributed by atoms with Crippen molar-refractivity contribution >= 4 is 23.6 Å². The van der Waals surface area contributed by atoms with E-state index in [9.17, 15) is 4.79 Å². The van der Waals surface area contributed by atoms with Crippen LogP contribution in [0, 0.1) is 0 Å². The fraction of sp³-hybridized carbons (Fsp3) is 0.167. The summed E-state index contributed by atoms with van der Waals surface area (Å²) in [5.74, 6) is 1.23. The SMILES string of the molecule is COc1cc(C=CC(=O)Oc2ccccc2Cl)cc(OC)c1OC. The maximum Gasteiger partial charge on any atom is 0.336 e. The average Bonchev–Trinajstić information content (AvgIpc) is 2.60. The molecular weight excluding hydrogens is 332 g/mol. The maximum absolute atomic E-state index is 11.9. The highest BCUT2D eigenvalue weighted by Crippen LogP contribution is 2.38. The second-order valence-corrected chi connectivity index (χ2v) is 5.05. The summed E-state index contributed by atoms with van der Waals surface area (Å²) in [4.78, 5) is 11.9. The lowest BCUT2D eigenvalue weighted by molar-refractivity contribution is -0.128. The number of para-hydroxylation sites is 1. The summed E-state index contributed by atoms with van der Waals surface area (Å²) in [5.41, 5.74) is 0.695. The predicted octanol–water partition coefficient (Wildman–Crippen LogP) is 3.98. The molecule has 0 aliphatic rings. The van der Waals surface area contributed by atoms with Gasteiger partial charge < -0.3 is 18.9 Å². The van der Waals surface area contributed by atoms with E-state index in [1.165, 1.54) is 27.4 Å². The van der Waals surface area contributed by atoms with Crippen LogP contribution in [0.25, 0.3) is 6.08 Å². The van der Waals surface area contributed by atoms with Gasteiger partial charge in [-0.15, -0.1) is 0 Å². The van der Waals surface area contributed by atoms with E-state index in [4.69, 9.17) is 30.5 Å². The van der Waals surface area contributed by atoms with Crippen LogP contribution in [-0.4, -0.2) is 27.3 Å². The third kappa shape index (κ3) is 4.20. The molecule has 0 radical (unpaired) electrons. The Balaban J connectivity index is 2.19. The van der Waals surface area contributed by atoms with Gasteiger partial charge in [0.2, 0.25) is 5.75 Å². The Bertz CT molecular complexity index is 730. The number of carbonyl (C=O) groups is 1. The van der Waals surface area contributed by atoms with Crippen LogP contribution in [0.1, 0.15) is 5.56 Å². The largest absolute Gasteiger partial charge is 0.493 e. The summed E-state index contributed by atoms with van der Waals surface area (Å²) in [6.07, 6.45) is 2.88. The van der Waals surface area contributed by atoms with E-state index in [1.807, 2.05) is 0 Å². The van der Waals surface area contributed by atoms with Crippen molar-refractivity contribution in [1.29, 1.82) is 0 Å². The van der Waals surface area contributed by atoms with Crippen LogP contribution < -0.4 is 18.9 Å². The second-order valence-electron chi connectivity index (χ2n) is 4.64. The molecule has 0 atom stereocenters. The number of methoxy groups -OCH3 is 3. The molecular formula is C18H17ClO5. The predicted molar refractivity (Wildman–Crippen MR) is 92.2 cm³/mol. The molecule has 0 heterocycles. The standard InChI is InChI=1S/C18H17ClO5/c1-21-15-10-12(11-16(22-2)18(15)23-3)8-9-17(20)24-14-7-5-4-6-13(14)19/h4-11H,1-3H3. The minimum Gasteiger partial charge on any atom is -0.493 e. The van der Waals surface area contributed by atoms with Crippen molar-refractivity contribution in [1.82, 2.24) is 0 Å². The zero-order valence-corrected chi connectivity index (χ0v) is 14.3. The third-order valence-corrected chi connectivity index (χ3v) is 3.46. The van der Waals surface area contributed by atoms with E-state index in [1.54, 1.807) is 42.5 Å². The monoisotopic (exact) mass is 348 g/mol. The normalized spacial score (nSPS) is 10.5. The van der Waals surface area contributed by atoms with Gasteiger partial charge in [0, 0.05) is 6.08 Å². The lowest BCUT2D eigenvalue weighted by Gasteiger charge is -2.12. The molecule has 0 fully saturated rings. The molecule has 0 bridgehead atoms. The van der Waals surface area contributed by atoms with E-state index >= 15 is 0 Å². The summed E-state index contributed by atoms with van der Waals surface area (Å²) in [6, 6.07) is 10.2. The van der Waals surface area contributed by atoms with Crippen molar-refractivity contribution < 1.29 is 23.7 Å². The van der Waals surface area contributed by atoms with E-state index in [0.717, 1.165) is 0 Å². The number of hydrogen-bond acceptors (Lipinski definition) is 5. The third-order valence-electron chi connectivity index (χ3n) is 3.15. The molecule has 2 rings (SSSR count). The number of carbonyl (C=O) groups excluding carboxylic acids is 1. The van der Waals surface area contributed by atoms with Crippen molar-refractivity contribution in [2.45, 2.75) is 0 Å². The number of ether oxygens (including phenoxy) is 4. The van der Waals surface area contributed by atoms with Crippen molar-refractivity contribution in [3.8, 4) is 23.0 Å². The van der Waals surface area contributed by atoms with Gasteiger partial charge in [0.1, 0.15) is 5.75 Å². The first kappa shape index (κ1) is 17.7. The van der Waals surface area contributed by atoms with Crippen molar-refractivity contribution in [2.24, 2.45) is 0 Å². The molecule has 0 aliphatic heterocycles. The number of hydrogen-bond donors (Lipinski definition) is 0. The highest BCUT2D eigenvalue weighted by Gasteiger charge is 2.12. The van der Waals surface area contributed by atoms with Gasteiger partial charge in [-0.1, -0.05) is 23.7 Å². The molecule has 0 unspecified atom stereocenters.